The van der Waals surface area contributed by atoms with Gasteiger partial charge in [0.05, 0.1) is 40.4 Å². The lowest BCUT2D eigenvalue weighted by Gasteiger charge is -2.05. The molecule has 0 radical (unpaired) electrons. The lowest BCUT2D eigenvalue weighted by Crippen LogP contribution is -2.12. The van der Waals surface area contributed by atoms with Crippen LogP contribution in [0.5, 0.6) is 0 Å². The summed E-state index contributed by atoms with van der Waals surface area (Å²) in [6.45, 7) is 0. The molecule has 136 valence electrons. The number of rotatable bonds is 4. The number of fused-ring (bicyclic) bond motifs is 2. The van der Waals surface area contributed by atoms with Crippen molar-refractivity contribution in [3.8, 4) is 0 Å². The van der Waals surface area contributed by atoms with E-state index in [0.717, 1.165) is 16.2 Å². The largest absolute Gasteiger partial charge is 0.465 e. The van der Waals surface area contributed by atoms with E-state index in [1.54, 1.807) is 18.2 Å². The second kappa shape index (κ2) is 6.88. The standard InChI is InChI=1S/C19H16N4O3S/c1-23-15-6-4-3-5-13(15)21-19(23)27-10-16-20-14-9-11(18(25)26-2)7-8-12(14)17(24)22-16/h3-9H,10H2,1-2H3,(H,20,22,24). The zero-order valence-corrected chi connectivity index (χ0v) is 15.5. The van der Waals surface area contributed by atoms with Crippen LogP contribution in [-0.4, -0.2) is 32.6 Å². The van der Waals surface area contributed by atoms with E-state index in [-0.39, 0.29) is 5.56 Å². The number of H-pyrrole nitrogens is 1. The molecule has 1 N–H and O–H groups in total. The maximum atomic E-state index is 12.3. The van der Waals surface area contributed by atoms with Gasteiger partial charge in [-0.2, -0.15) is 0 Å². The van der Waals surface area contributed by atoms with E-state index in [1.807, 2.05) is 35.9 Å². The van der Waals surface area contributed by atoms with E-state index in [2.05, 4.69) is 15.0 Å². The van der Waals surface area contributed by atoms with Gasteiger partial charge in [0.1, 0.15) is 5.82 Å². The van der Waals surface area contributed by atoms with Crippen molar-refractivity contribution in [2.75, 3.05) is 7.11 Å². The van der Waals surface area contributed by atoms with Crippen LogP contribution in [0.3, 0.4) is 0 Å². The number of thioether (sulfide) groups is 1. The molecule has 0 saturated carbocycles. The van der Waals surface area contributed by atoms with E-state index in [1.165, 1.54) is 18.9 Å². The number of para-hydroxylation sites is 2. The number of benzene rings is 2. The van der Waals surface area contributed by atoms with Crippen LogP contribution in [-0.2, 0) is 17.5 Å². The number of ether oxygens (including phenoxy) is 1. The van der Waals surface area contributed by atoms with E-state index in [4.69, 9.17) is 4.74 Å². The highest BCUT2D eigenvalue weighted by Crippen LogP contribution is 2.25. The van der Waals surface area contributed by atoms with Crippen molar-refractivity contribution in [3.05, 3.63) is 64.2 Å². The third-order valence-electron chi connectivity index (χ3n) is 4.26. The molecule has 0 saturated heterocycles. The van der Waals surface area contributed by atoms with Crippen LogP contribution in [0.4, 0.5) is 0 Å². The minimum Gasteiger partial charge on any atom is -0.465 e. The first-order chi connectivity index (χ1) is 13.1. The molecule has 0 spiro atoms. The fourth-order valence-electron chi connectivity index (χ4n) is 2.89. The Balaban J connectivity index is 1.65. The fraction of sp³-hybridized carbons (Fsp3) is 0.158. The quantitative estimate of drug-likeness (QED) is 0.432. The normalized spacial score (nSPS) is 11.2. The number of carbonyl (C=O) groups is 1. The second-order valence-corrected chi connectivity index (χ2v) is 6.91. The molecule has 0 aliphatic heterocycles. The monoisotopic (exact) mass is 380 g/mol. The average molecular weight is 380 g/mol. The molecule has 0 amide bonds. The summed E-state index contributed by atoms with van der Waals surface area (Å²) in [7, 11) is 3.27. The van der Waals surface area contributed by atoms with Crippen LogP contribution in [0.15, 0.2) is 52.4 Å². The SMILES string of the molecule is COC(=O)c1ccc2c(=O)[nH]c(CSc3nc4ccccc4n3C)nc2c1. The lowest BCUT2D eigenvalue weighted by molar-refractivity contribution is 0.0601. The Morgan fingerprint density at radius 3 is 2.78 bits per heavy atom. The molecule has 0 aliphatic rings. The van der Waals surface area contributed by atoms with Gasteiger partial charge in [-0.1, -0.05) is 23.9 Å². The Hall–Kier alpha value is -3.13. The number of aromatic nitrogens is 4. The Morgan fingerprint density at radius 1 is 1.19 bits per heavy atom. The van der Waals surface area contributed by atoms with Crippen LogP contribution in [0, 0.1) is 0 Å². The number of nitrogens with zero attached hydrogens (tertiary/aromatic N) is 3. The van der Waals surface area contributed by atoms with Gasteiger partial charge in [-0.05, 0) is 30.3 Å². The molecule has 4 aromatic rings. The Bertz CT molecular complexity index is 1230. The Morgan fingerprint density at radius 2 is 2.00 bits per heavy atom. The molecule has 0 bridgehead atoms. The van der Waals surface area contributed by atoms with Crippen LogP contribution >= 0.6 is 11.8 Å². The van der Waals surface area contributed by atoms with Gasteiger partial charge in [0.25, 0.3) is 5.56 Å². The predicted molar refractivity (Wildman–Crippen MR) is 104 cm³/mol. The van der Waals surface area contributed by atoms with Gasteiger partial charge < -0.3 is 14.3 Å². The number of hydrogen-bond acceptors (Lipinski definition) is 6. The van der Waals surface area contributed by atoms with Crippen molar-refractivity contribution in [3.63, 3.8) is 0 Å². The summed E-state index contributed by atoms with van der Waals surface area (Å²) in [6.07, 6.45) is 0. The van der Waals surface area contributed by atoms with Crippen molar-refractivity contribution in [2.45, 2.75) is 10.9 Å². The topological polar surface area (TPSA) is 89.9 Å². The molecule has 2 heterocycles. The summed E-state index contributed by atoms with van der Waals surface area (Å²) in [5.41, 5.74) is 2.55. The maximum Gasteiger partial charge on any atom is 0.337 e. The minimum atomic E-state index is -0.463. The maximum absolute atomic E-state index is 12.3. The number of aromatic amines is 1. The minimum absolute atomic E-state index is 0.239. The number of esters is 1. The van der Waals surface area contributed by atoms with Crippen molar-refractivity contribution in [2.24, 2.45) is 7.05 Å². The third-order valence-corrected chi connectivity index (χ3v) is 5.30. The van der Waals surface area contributed by atoms with Gasteiger partial charge in [0.15, 0.2) is 5.16 Å². The van der Waals surface area contributed by atoms with Gasteiger partial charge in [-0.15, -0.1) is 0 Å². The molecule has 0 aliphatic carbocycles. The number of imidazole rings is 1. The number of hydrogen-bond donors (Lipinski definition) is 1. The molecular weight excluding hydrogens is 364 g/mol. The molecule has 0 unspecified atom stereocenters. The third kappa shape index (κ3) is 3.19. The van der Waals surface area contributed by atoms with Crippen LogP contribution < -0.4 is 5.56 Å². The predicted octanol–water partition coefficient (Wildman–Crippen LogP) is 2.89. The number of methoxy groups -OCH3 is 1. The smallest absolute Gasteiger partial charge is 0.337 e. The van der Waals surface area contributed by atoms with E-state index in [0.29, 0.717) is 28.0 Å². The van der Waals surface area contributed by atoms with Gasteiger partial charge in [-0.25, -0.2) is 14.8 Å². The van der Waals surface area contributed by atoms with Crippen molar-refractivity contribution in [1.82, 2.24) is 19.5 Å². The highest BCUT2D eigenvalue weighted by molar-refractivity contribution is 7.98. The van der Waals surface area contributed by atoms with Crippen LogP contribution in [0.1, 0.15) is 16.2 Å². The molecule has 2 aromatic heterocycles. The molecular formula is C19H16N4O3S. The molecule has 0 fully saturated rings. The van der Waals surface area contributed by atoms with Crippen LogP contribution in [0.25, 0.3) is 21.9 Å². The summed E-state index contributed by atoms with van der Waals surface area (Å²) in [4.78, 5) is 35.9. The summed E-state index contributed by atoms with van der Waals surface area (Å²) >= 11 is 1.49. The van der Waals surface area contributed by atoms with Gasteiger partial charge in [0, 0.05) is 7.05 Å². The van der Waals surface area contributed by atoms with Gasteiger partial charge in [-0.3, -0.25) is 4.79 Å². The fourth-order valence-corrected chi connectivity index (χ4v) is 3.74. The van der Waals surface area contributed by atoms with Crippen molar-refractivity contribution >= 4 is 39.7 Å². The van der Waals surface area contributed by atoms with Crippen LogP contribution in [0.2, 0.25) is 0 Å². The van der Waals surface area contributed by atoms with E-state index in [9.17, 15) is 9.59 Å². The molecule has 2 aromatic carbocycles. The average Bonchev–Trinajstić information content (AvgIpc) is 3.01. The summed E-state index contributed by atoms with van der Waals surface area (Å²) in [6, 6.07) is 12.6. The summed E-state index contributed by atoms with van der Waals surface area (Å²) < 4.78 is 6.73. The summed E-state index contributed by atoms with van der Waals surface area (Å²) in [5, 5.41) is 1.27. The molecule has 27 heavy (non-hydrogen) atoms. The first kappa shape index (κ1) is 17.3. The lowest BCUT2D eigenvalue weighted by atomic mass is 10.1. The van der Waals surface area contributed by atoms with E-state index >= 15 is 0 Å². The number of nitrogens with one attached hydrogen (secondary N) is 1. The second-order valence-electron chi connectivity index (χ2n) is 5.97. The van der Waals surface area contributed by atoms with Crippen molar-refractivity contribution < 1.29 is 9.53 Å². The zero-order chi connectivity index (χ0) is 19.0. The first-order valence-corrected chi connectivity index (χ1v) is 9.21. The molecule has 8 heteroatoms. The van der Waals surface area contributed by atoms with Crippen molar-refractivity contribution in [1.29, 1.82) is 0 Å². The Labute approximate surface area is 158 Å². The number of carbonyl (C=O) groups excluding carboxylic acids is 1. The molecule has 0 atom stereocenters. The molecule has 4 rings (SSSR count). The molecule has 7 nitrogen and oxygen atoms in total. The highest BCUT2D eigenvalue weighted by Gasteiger charge is 2.12. The van der Waals surface area contributed by atoms with Gasteiger partial charge >= 0.3 is 5.97 Å². The van der Waals surface area contributed by atoms with E-state index < -0.39 is 5.97 Å². The number of aryl methyl sites for hydroxylation is 1. The Kier molecular flexibility index (Phi) is 4.41. The first-order valence-electron chi connectivity index (χ1n) is 8.22. The zero-order valence-electron chi connectivity index (χ0n) is 14.7. The summed E-state index contributed by atoms with van der Waals surface area (Å²) in [5.74, 6) is 0.506. The van der Waals surface area contributed by atoms with Gasteiger partial charge in [0.2, 0.25) is 0 Å². The highest BCUT2D eigenvalue weighted by atomic mass is 32.2.